The van der Waals surface area contributed by atoms with Gasteiger partial charge in [0.2, 0.25) is 0 Å². The van der Waals surface area contributed by atoms with Crippen molar-refractivity contribution in [2.45, 2.75) is 0 Å². The Balaban J connectivity index is 2.77. The van der Waals surface area contributed by atoms with Crippen LogP contribution < -0.4 is 4.74 Å². The summed E-state index contributed by atoms with van der Waals surface area (Å²) < 4.78 is 10.3. The van der Waals surface area contributed by atoms with Crippen LogP contribution in [0.5, 0.6) is 5.75 Å². The number of carbonyl (C=O) groups is 1. The molecule has 0 amide bonds. The summed E-state index contributed by atoms with van der Waals surface area (Å²) in [6, 6.07) is 5.21. The van der Waals surface area contributed by atoms with E-state index in [-0.39, 0.29) is 0 Å². The summed E-state index contributed by atoms with van der Waals surface area (Å²) in [4.78, 5) is 10.6. The van der Waals surface area contributed by atoms with Gasteiger partial charge in [-0.25, -0.2) is 0 Å². The van der Waals surface area contributed by atoms with Gasteiger partial charge in [-0.15, -0.1) is 0 Å². The molecular weight excluding hydrogens is 168 g/mol. The third kappa shape index (κ3) is 1.18. The average molecular weight is 176 g/mol. The first-order valence-electron chi connectivity index (χ1n) is 3.85. The standard InChI is InChI=1S/C10H8O3/c1-12-9-5-7(6-11)4-8-2-3-13-10(8)9/h2-6H,1H3. The number of hydrogen-bond donors (Lipinski definition) is 0. The van der Waals surface area contributed by atoms with Crippen molar-refractivity contribution < 1.29 is 13.9 Å². The molecule has 1 aromatic carbocycles. The van der Waals surface area contributed by atoms with Crippen molar-refractivity contribution in [2.75, 3.05) is 7.11 Å². The van der Waals surface area contributed by atoms with E-state index in [2.05, 4.69) is 0 Å². The van der Waals surface area contributed by atoms with Crippen LogP contribution in [0.25, 0.3) is 11.0 Å². The van der Waals surface area contributed by atoms with E-state index < -0.39 is 0 Å². The Morgan fingerprint density at radius 1 is 1.46 bits per heavy atom. The van der Waals surface area contributed by atoms with Gasteiger partial charge in [0.05, 0.1) is 13.4 Å². The first kappa shape index (κ1) is 7.86. The maximum absolute atomic E-state index is 10.6. The maximum Gasteiger partial charge on any atom is 0.175 e. The molecule has 0 N–H and O–H groups in total. The topological polar surface area (TPSA) is 39.4 Å². The minimum atomic E-state index is 0.588. The molecule has 0 atom stereocenters. The molecule has 0 fully saturated rings. The number of hydrogen-bond acceptors (Lipinski definition) is 3. The molecule has 66 valence electrons. The minimum absolute atomic E-state index is 0.588. The second-order valence-corrected chi connectivity index (χ2v) is 2.68. The smallest absolute Gasteiger partial charge is 0.175 e. The van der Waals surface area contributed by atoms with Gasteiger partial charge in [-0.1, -0.05) is 0 Å². The summed E-state index contributed by atoms with van der Waals surface area (Å²) in [7, 11) is 1.55. The molecule has 3 nitrogen and oxygen atoms in total. The quantitative estimate of drug-likeness (QED) is 0.659. The number of aldehydes is 1. The molecule has 1 aromatic heterocycles. The summed E-state index contributed by atoms with van der Waals surface area (Å²) in [5.74, 6) is 0.588. The zero-order chi connectivity index (χ0) is 9.26. The van der Waals surface area contributed by atoms with Gasteiger partial charge in [0, 0.05) is 10.9 Å². The molecule has 2 rings (SSSR count). The summed E-state index contributed by atoms with van der Waals surface area (Å²) in [5.41, 5.74) is 1.26. The summed E-state index contributed by atoms with van der Waals surface area (Å²) >= 11 is 0. The van der Waals surface area contributed by atoms with E-state index in [0.717, 1.165) is 11.7 Å². The molecule has 0 bridgehead atoms. The van der Waals surface area contributed by atoms with Gasteiger partial charge >= 0.3 is 0 Å². The highest BCUT2D eigenvalue weighted by atomic mass is 16.5. The van der Waals surface area contributed by atoms with Crippen LogP contribution in [0, 0.1) is 0 Å². The fraction of sp³-hybridized carbons (Fsp3) is 0.100. The molecule has 0 aliphatic rings. The van der Waals surface area contributed by atoms with Gasteiger partial charge in [0.25, 0.3) is 0 Å². The molecule has 0 spiro atoms. The highest BCUT2D eigenvalue weighted by Gasteiger charge is 2.06. The van der Waals surface area contributed by atoms with E-state index in [1.165, 1.54) is 0 Å². The fourth-order valence-corrected chi connectivity index (χ4v) is 1.29. The van der Waals surface area contributed by atoms with E-state index in [0.29, 0.717) is 16.9 Å². The fourth-order valence-electron chi connectivity index (χ4n) is 1.29. The van der Waals surface area contributed by atoms with Crippen LogP contribution in [0.1, 0.15) is 10.4 Å². The third-order valence-corrected chi connectivity index (χ3v) is 1.90. The number of rotatable bonds is 2. The second kappa shape index (κ2) is 2.94. The lowest BCUT2D eigenvalue weighted by atomic mass is 10.1. The van der Waals surface area contributed by atoms with Crippen molar-refractivity contribution in [2.24, 2.45) is 0 Å². The minimum Gasteiger partial charge on any atom is -0.493 e. The van der Waals surface area contributed by atoms with E-state index in [1.807, 2.05) is 0 Å². The Morgan fingerprint density at radius 2 is 2.31 bits per heavy atom. The van der Waals surface area contributed by atoms with E-state index >= 15 is 0 Å². The van der Waals surface area contributed by atoms with Gasteiger partial charge in [-0.2, -0.15) is 0 Å². The van der Waals surface area contributed by atoms with Gasteiger partial charge in [0.1, 0.15) is 6.29 Å². The number of carbonyl (C=O) groups excluding carboxylic acids is 1. The lowest BCUT2D eigenvalue weighted by Crippen LogP contribution is -1.86. The molecule has 0 unspecified atom stereocenters. The first-order valence-corrected chi connectivity index (χ1v) is 3.85. The Hall–Kier alpha value is -1.77. The second-order valence-electron chi connectivity index (χ2n) is 2.68. The maximum atomic E-state index is 10.6. The van der Waals surface area contributed by atoms with Crippen LogP contribution >= 0.6 is 0 Å². The van der Waals surface area contributed by atoms with E-state index in [4.69, 9.17) is 9.15 Å². The lowest BCUT2D eigenvalue weighted by molar-refractivity contribution is 0.112. The Kier molecular flexibility index (Phi) is 1.77. The largest absolute Gasteiger partial charge is 0.493 e. The SMILES string of the molecule is COc1cc(C=O)cc2ccoc12. The van der Waals surface area contributed by atoms with Crippen LogP contribution in [0.15, 0.2) is 28.9 Å². The van der Waals surface area contributed by atoms with E-state index in [9.17, 15) is 4.79 Å². The van der Waals surface area contributed by atoms with Crippen molar-refractivity contribution in [3.05, 3.63) is 30.0 Å². The molecule has 0 aliphatic heterocycles. The highest BCUT2D eigenvalue weighted by Crippen LogP contribution is 2.27. The third-order valence-electron chi connectivity index (χ3n) is 1.90. The lowest BCUT2D eigenvalue weighted by Gasteiger charge is -2.00. The van der Waals surface area contributed by atoms with Crippen LogP contribution in [0.2, 0.25) is 0 Å². The van der Waals surface area contributed by atoms with Crippen molar-refractivity contribution in [3.8, 4) is 5.75 Å². The van der Waals surface area contributed by atoms with Crippen molar-refractivity contribution in [1.29, 1.82) is 0 Å². The predicted molar refractivity (Wildman–Crippen MR) is 48.2 cm³/mol. The monoisotopic (exact) mass is 176 g/mol. The highest BCUT2D eigenvalue weighted by molar-refractivity contribution is 5.90. The van der Waals surface area contributed by atoms with Crippen LogP contribution in [0.3, 0.4) is 0 Å². The van der Waals surface area contributed by atoms with Gasteiger partial charge in [-0.3, -0.25) is 4.79 Å². The van der Waals surface area contributed by atoms with E-state index in [1.54, 1.807) is 31.6 Å². The molecule has 13 heavy (non-hydrogen) atoms. The first-order chi connectivity index (χ1) is 6.35. The summed E-state index contributed by atoms with van der Waals surface area (Å²) in [6.07, 6.45) is 2.36. The predicted octanol–water partition coefficient (Wildman–Crippen LogP) is 2.25. The van der Waals surface area contributed by atoms with Crippen LogP contribution in [-0.2, 0) is 0 Å². The molecule has 3 heteroatoms. The van der Waals surface area contributed by atoms with Crippen molar-refractivity contribution >= 4 is 17.3 Å². The molecule has 0 saturated heterocycles. The zero-order valence-corrected chi connectivity index (χ0v) is 7.11. The molecule has 2 aromatic rings. The molecule has 0 saturated carbocycles. The molecule has 0 aliphatic carbocycles. The number of benzene rings is 1. The summed E-state index contributed by atoms with van der Waals surface area (Å²) in [6.45, 7) is 0. The number of methoxy groups -OCH3 is 1. The van der Waals surface area contributed by atoms with Crippen LogP contribution in [-0.4, -0.2) is 13.4 Å². The molecule has 1 heterocycles. The average Bonchev–Trinajstić information content (AvgIpc) is 2.63. The normalized spacial score (nSPS) is 10.2. The van der Waals surface area contributed by atoms with Gasteiger partial charge in [0.15, 0.2) is 11.3 Å². The van der Waals surface area contributed by atoms with Gasteiger partial charge in [-0.05, 0) is 18.2 Å². The number of fused-ring (bicyclic) bond motifs is 1. The Bertz CT molecular complexity index is 442. The number of furan rings is 1. The van der Waals surface area contributed by atoms with Crippen molar-refractivity contribution in [3.63, 3.8) is 0 Å². The van der Waals surface area contributed by atoms with Crippen LogP contribution in [0.4, 0.5) is 0 Å². The summed E-state index contributed by atoms with van der Waals surface area (Å²) in [5, 5.41) is 0.876. The molecular formula is C10H8O3. The Labute approximate surface area is 74.9 Å². The molecule has 0 radical (unpaired) electrons. The number of ether oxygens (including phenoxy) is 1. The van der Waals surface area contributed by atoms with Crippen molar-refractivity contribution in [1.82, 2.24) is 0 Å². The Morgan fingerprint density at radius 3 is 3.00 bits per heavy atom. The zero-order valence-electron chi connectivity index (χ0n) is 7.11. The van der Waals surface area contributed by atoms with Gasteiger partial charge < -0.3 is 9.15 Å².